The number of carbonyl (C=O) groups is 2. The number of urea groups is 1. The summed E-state index contributed by atoms with van der Waals surface area (Å²) < 4.78 is 5.40. The van der Waals surface area contributed by atoms with Crippen LogP contribution in [0.15, 0.2) is 54.7 Å². The Labute approximate surface area is 150 Å². The summed E-state index contributed by atoms with van der Waals surface area (Å²) in [6.07, 6.45) is 2.34. The largest absolute Gasteiger partial charge is 0.494 e. The number of carbonyl (C=O) groups excluding carboxylic acids is 2. The minimum atomic E-state index is -0.576. The lowest BCUT2D eigenvalue weighted by Gasteiger charge is -2.13. The van der Waals surface area contributed by atoms with Gasteiger partial charge in [0.15, 0.2) is 0 Å². The van der Waals surface area contributed by atoms with Crippen molar-refractivity contribution in [2.24, 2.45) is 0 Å². The number of hydrogen-bond donors (Lipinski definition) is 2. The zero-order valence-electron chi connectivity index (χ0n) is 14.4. The molecule has 132 valence electrons. The molecule has 1 saturated heterocycles. The maximum absolute atomic E-state index is 12.8. The third kappa shape index (κ3) is 2.79. The van der Waals surface area contributed by atoms with Gasteiger partial charge in [-0.2, -0.15) is 0 Å². The molecule has 2 N–H and O–H groups in total. The van der Waals surface area contributed by atoms with Gasteiger partial charge in [-0.1, -0.05) is 18.2 Å². The summed E-state index contributed by atoms with van der Waals surface area (Å²) in [5.74, 6) is 0.461. The molecule has 1 aliphatic heterocycles. The molecule has 0 radical (unpaired) electrons. The summed E-state index contributed by atoms with van der Waals surface area (Å²) in [7, 11) is 0. The Morgan fingerprint density at radius 2 is 1.85 bits per heavy atom. The minimum absolute atomic E-state index is 0.246. The van der Waals surface area contributed by atoms with Gasteiger partial charge in [0.05, 0.1) is 12.3 Å². The number of aromatic nitrogens is 1. The van der Waals surface area contributed by atoms with E-state index in [-0.39, 0.29) is 5.91 Å². The number of aromatic amines is 1. The molecule has 1 atom stereocenters. The highest BCUT2D eigenvalue weighted by Crippen LogP contribution is 2.25. The minimum Gasteiger partial charge on any atom is -0.494 e. The first kappa shape index (κ1) is 16.2. The van der Waals surface area contributed by atoms with Crippen LogP contribution in [-0.4, -0.2) is 29.6 Å². The molecule has 4 rings (SSSR count). The number of rotatable bonds is 5. The van der Waals surface area contributed by atoms with Gasteiger partial charge in [-0.05, 0) is 42.8 Å². The summed E-state index contributed by atoms with van der Waals surface area (Å²) in [6, 6.07) is 13.9. The van der Waals surface area contributed by atoms with Gasteiger partial charge in [0.1, 0.15) is 11.8 Å². The van der Waals surface area contributed by atoms with Crippen molar-refractivity contribution in [3.63, 3.8) is 0 Å². The summed E-state index contributed by atoms with van der Waals surface area (Å²) in [5.41, 5.74) is 2.56. The third-order valence-electron chi connectivity index (χ3n) is 4.52. The van der Waals surface area contributed by atoms with Gasteiger partial charge in [0.25, 0.3) is 5.91 Å². The number of H-pyrrole nitrogens is 1. The highest BCUT2D eigenvalue weighted by molar-refractivity contribution is 6.21. The summed E-state index contributed by atoms with van der Waals surface area (Å²) in [4.78, 5) is 29.5. The molecular formula is C20H19N3O3. The molecule has 26 heavy (non-hydrogen) atoms. The van der Waals surface area contributed by atoms with Crippen LogP contribution in [0.25, 0.3) is 10.9 Å². The van der Waals surface area contributed by atoms with E-state index in [4.69, 9.17) is 4.74 Å². The van der Waals surface area contributed by atoms with Crippen molar-refractivity contribution >= 4 is 28.5 Å². The van der Waals surface area contributed by atoms with E-state index < -0.39 is 12.1 Å². The lowest BCUT2D eigenvalue weighted by Crippen LogP contribution is -2.32. The lowest BCUT2D eigenvalue weighted by molar-refractivity contribution is -0.118. The molecule has 2 aromatic carbocycles. The van der Waals surface area contributed by atoms with Crippen LogP contribution in [-0.2, 0) is 11.2 Å². The highest BCUT2D eigenvalue weighted by atomic mass is 16.5. The second kappa shape index (κ2) is 6.55. The van der Waals surface area contributed by atoms with E-state index in [9.17, 15) is 9.59 Å². The highest BCUT2D eigenvalue weighted by Gasteiger charge is 2.39. The number of ether oxygens (including phenoxy) is 1. The van der Waals surface area contributed by atoms with Crippen molar-refractivity contribution in [3.05, 3.63) is 60.3 Å². The number of hydrogen-bond acceptors (Lipinski definition) is 3. The van der Waals surface area contributed by atoms with Crippen LogP contribution >= 0.6 is 0 Å². The predicted octanol–water partition coefficient (Wildman–Crippen LogP) is 3.23. The Balaban J connectivity index is 1.55. The van der Waals surface area contributed by atoms with Crippen LogP contribution < -0.4 is 15.0 Å². The Morgan fingerprint density at radius 3 is 2.62 bits per heavy atom. The molecule has 0 spiro atoms. The second-order valence-corrected chi connectivity index (χ2v) is 6.17. The average Bonchev–Trinajstić information content (AvgIpc) is 3.18. The van der Waals surface area contributed by atoms with E-state index in [1.54, 1.807) is 24.3 Å². The summed E-state index contributed by atoms with van der Waals surface area (Å²) >= 11 is 0. The fraction of sp³-hybridized carbons (Fsp3) is 0.200. The molecule has 1 aromatic heterocycles. The molecule has 3 aromatic rings. The molecular weight excluding hydrogens is 330 g/mol. The molecule has 3 amide bonds. The van der Waals surface area contributed by atoms with Crippen molar-refractivity contribution in [3.8, 4) is 5.75 Å². The zero-order chi connectivity index (χ0) is 18.1. The Hall–Kier alpha value is -3.28. The normalized spacial score (nSPS) is 17.0. The maximum atomic E-state index is 12.8. The van der Waals surface area contributed by atoms with E-state index >= 15 is 0 Å². The number of imide groups is 1. The van der Waals surface area contributed by atoms with Crippen molar-refractivity contribution in [2.75, 3.05) is 11.5 Å². The van der Waals surface area contributed by atoms with E-state index in [0.29, 0.717) is 24.5 Å². The molecule has 1 aliphatic rings. The van der Waals surface area contributed by atoms with E-state index in [2.05, 4.69) is 10.3 Å². The topological polar surface area (TPSA) is 74.4 Å². The predicted molar refractivity (Wildman–Crippen MR) is 99.4 cm³/mol. The van der Waals surface area contributed by atoms with Gasteiger partial charge in [-0.3, -0.25) is 4.79 Å². The maximum Gasteiger partial charge on any atom is 0.329 e. The number of amides is 3. The SMILES string of the molecule is CCOc1ccc(N2C(=O)N[C@@H](Cc3c[nH]c4ccccc34)C2=O)cc1. The van der Waals surface area contributed by atoms with Crippen LogP contribution in [0, 0.1) is 0 Å². The van der Waals surface area contributed by atoms with Crippen LogP contribution in [0.5, 0.6) is 5.75 Å². The van der Waals surface area contributed by atoms with Crippen molar-refractivity contribution < 1.29 is 14.3 Å². The van der Waals surface area contributed by atoms with Gasteiger partial charge in [0, 0.05) is 23.5 Å². The number of benzene rings is 2. The second-order valence-electron chi connectivity index (χ2n) is 6.17. The first-order valence-corrected chi connectivity index (χ1v) is 8.59. The summed E-state index contributed by atoms with van der Waals surface area (Å²) in [5, 5.41) is 3.85. The quantitative estimate of drug-likeness (QED) is 0.695. The van der Waals surface area contributed by atoms with E-state index in [0.717, 1.165) is 16.5 Å². The number of nitrogens with zero attached hydrogens (tertiary/aromatic N) is 1. The number of fused-ring (bicyclic) bond motifs is 1. The Morgan fingerprint density at radius 1 is 1.08 bits per heavy atom. The fourth-order valence-electron chi connectivity index (χ4n) is 3.29. The standard InChI is InChI=1S/C20H19N3O3/c1-2-26-15-9-7-14(8-10-15)23-19(24)18(22-20(23)25)11-13-12-21-17-6-4-3-5-16(13)17/h3-10,12,18,21H,2,11H2,1H3,(H,22,25)/t18-/m0/s1. The summed E-state index contributed by atoms with van der Waals surface area (Å²) in [6.45, 7) is 2.47. The molecule has 1 fully saturated rings. The zero-order valence-corrected chi connectivity index (χ0v) is 14.4. The van der Waals surface area contributed by atoms with Gasteiger partial charge in [-0.15, -0.1) is 0 Å². The number of para-hydroxylation sites is 1. The monoisotopic (exact) mass is 349 g/mol. The Kier molecular flexibility index (Phi) is 4.08. The molecule has 0 aliphatic carbocycles. The molecule has 6 nitrogen and oxygen atoms in total. The molecule has 2 heterocycles. The van der Waals surface area contributed by atoms with Crippen LogP contribution in [0.2, 0.25) is 0 Å². The molecule has 0 unspecified atom stereocenters. The molecule has 0 saturated carbocycles. The van der Waals surface area contributed by atoms with E-state index in [1.165, 1.54) is 4.90 Å². The third-order valence-corrected chi connectivity index (χ3v) is 4.52. The first-order valence-electron chi connectivity index (χ1n) is 8.59. The average molecular weight is 349 g/mol. The van der Waals surface area contributed by atoms with Crippen molar-refractivity contribution in [1.29, 1.82) is 0 Å². The van der Waals surface area contributed by atoms with Crippen molar-refractivity contribution in [1.82, 2.24) is 10.3 Å². The number of nitrogens with one attached hydrogen (secondary N) is 2. The van der Waals surface area contributed by atoms with Crippen LogP contribution in [0.1, 0.15) is 12.5 Å². The van der Waals surface area contributed by atoms with Gasteiger partial charge < -0.3 is 15.0 Å². The van der Waals surface area contributed by atoms with Gasteiger partial charge in [0.2, 0.25) is 0 Å². The Bertz CT molecular complexity index is 962. The fourth-order valence-corrected chi connectivity index (χ4v) is 3.29. The molecule has 6 heteroatoms. The first-order chi connectivity index (χ1) is 12.7. The van der Waals surface area contributed by atoms with Crippen LogP contribution in [0.3, 0.4) is 0 Å². The number of anilines is 1. The van der Waals surface area contributed by atoms with Crippen molar-refractivity contribution in [2.45, 2.75) is 19.4 Å². The van der Waals surface area contributed by atoms with Crippen LogP contribution in [0.4, 0.5) is 10.5 Å². The van der Waals surface area contributed by atoms with Gasteiger partial charge >= 0.3 is 6.03 Å². The smallest absolute Gasteiger partial charge is 0.329 e. The van der Waals surface area contributed by atoms with E-state index in [1.807, 2.05) is 37.4 Å². The lowest BCUT2D eigenvalue weighted by atomic mass is 10.0. The molecule has 0 bridgehead atoms. The van der Waals surface area contributed by atoms with Gasteiger partial charge in [-0.25, -0.2) is 9.69 Å².